The average Bonchev–Trinajstić information content (AvgIpc) is 0.817. The van der Waals surface area contributed by atoms with Gasteiger partial charge in [0.05, 0.1) is 55.2 Å². The fourth-order valence-corrected chi connectivity index (χ4v) is 14.4. The Hall–Kier alpha value is -6.77. The van der Waals surface area contributed by atoms with Crippen LogP contribution in [0.15, 0.2) is 114 Å². The van der Waals surface area contributed by atoms with Crippen LogP contribution < -0.4 is 5.32 Å². The number of hydrogen-bond donors (Lipinski definition) is 5. The molecule has 0 spiro atoms. The van der Waals surface area contributed by atoms with E-state index < -0.39 is 144 Å². The number of hydrogen-bond acceptors (Lipinski definition) is 16. The number of carboxylic acid groups (broad SMARTS) is 2. The van der Waals surface area contributed by atoms with Crippen molar-refractivity contribution in [3.63, 3.8) is 0 Å². The van der Waals surface area contributed by atoms with Crippen LogP contribution in [-0.2, 0) is 52.3 Å². The van der Waals surface area contributed by atoms with Crippen molar-refractivity contribution in [1.29, 1.82) is 0 Å². The third-order valence-electron chi connectivity index (χ3n) is 19.2. The van der Waals surface area contributed by atoms with E-state index in [2.05, 4.69) is 24.4 Å². The van der Waals surface area contributed by atoms with E-state index in [4.69, 9.17) is 33.2 Å². The average molecular weight is 1220 g/mol. The number of allylic oxidation sites excluding steroid dienone is 2. The summed E-state index contributed by atoms with van der Waals surface area (Å²) in [6, 6.07) is 22.5. The van der Waals surface area contributed by atoms with Gasteiger partial charge in [-0.05, 0) is 93.3 Å². The lowest BCUT2D eigenvalue weighted by Crippen LogP contribution is -2.78. The van der Waals surface area contributed by atoms with E-state index in [-0.39, 0.29) is 54.1 Å². The molecule has 478 valence electrons. The summed E-state index contributed by atoms with van der Waals surface area (Å²) in [6.45, 7) is 7.70. The third-order valence-corrected chi connectivity index (χ3v) is 19.2. The summed E-state index contributed by atoms with van der Waals surface area (Å²) in [7, 11) is 0. The number of rotatable bonds is 30. The topological polar surface area (TPSA) is 277 Å². The second kappa shape index (κ2) is 30.2. The first kappa shape index (κ1) is 67.2. The largest absolute Gasteiger partial charge is 0.509 e. The van der Waals surface area contributed by atoms with Crippen LogP contribution in [0.3, 0.4) is 0 Å². The van der Waals surface area contributed by atoms with Crippen LogP contribution in [0.4, 0.5) is 4.79 Å². The number of benzene rings is 3. The van der Waals surface area contributed by atoms with E-state index in [9.17, 15) is 44.4 Å². The normalized spacial score (nSPS) is 28.6. The monoisotopic (exact) mass is 1220 g/mol. The molecule has 2 heterocycles. The molecule has 1 amide bonds. The van der Waals surface area contributed by atoms with Gasteiger partial charge in [0.25, 0.3) is 5.91 Å². The Morgan fingerprint density at radius 2 is 1.36 bits per heavy atom. The highest BCUT2D eigenvalue weighted by molar-refractivity contribution is 5.96. The SMILES string of the molecule is CCCCCCCC/C=C\CCCCCCC[C@H]1OC[C@H](COC(=O)O[C@@H](C(=O)O[C@H]2C[C@@]3(O)[C@@H](OC(=O)c4ccccc4)[C@@H]4[C@@]5(CC(=O)O)CO[C@@H]5C[C@H](O)[C@@]4(C)C(=O)[C@H](CC(=O)O)C(=C2C)C3(C)C)[C@@H](NC(=O)c2ccccc2)c2ccccc2)O1. The summed E-state index contributed by atoms with van der Waals surface area (Å²) in [5, 5.41) is 50.5. The Bertz CT molecular complexity index is 2950. The maximum absolute atomic E-state index is 15.9. The van der Waals surface area contributed by atoms with Crippen molar-refractivity contribution in [3.05, 3.63) is 131 Å². The first-order chi connectivity index (χ1) is 42.2. The molecule has 3 aliphatic carbocycles. The fraction of sp³-hybridized carbons (Fsp3) is 0.580. The minimum absolute atomic E-state index is 0.00144. The predicted molar refractivity (Wildman–Crippen MR) is 322 cm³/mol. The summed E-state index contributed by atoms with van der Waals surface area (Å²) in [6.07, 6.45) is 7.25. The number of aliphatic hydroxyl groups excluding tert-OH is 1. The lowest BCUT2D eigenvalue weighted by Gasteiger charge is -2.68. The van der Waals surface area contributed by atoms with Gasteiger partial charge in [-0.1, -0.05) is 151 Å². The zero-order valence-corrected chi connectivity index (χ0v) is 51.4. The molecule has 2 bridgehead atoms. The second-order valence-electron chi connectivity index (χ2n) is 25.3. The van der Waals surface area contributed by atoms with Gasteiger partial charge in [-0.2, -0.15) is 0 Å². The first-order valence-electron chi connectivity index (χ1n) is 31.5. The molecule has 19 nitrogen and oxygen atoms in total. The molecule has 8 rings (SSSR count). The quantitative estimate of drug-likeness (QED) is 0.0179. The highest BCUT2D eigenvalue weighted by Gasteiger charge is 2.76. The predicted octanol–water partition coefficient (Wildman–Crippen LogP) is 11.0. The Morgan fingerprint density at radius 1 is 0.761 bits per heavy atom. The molecule has 19 heteroatoms. The molecule has 5 aliphatic rings. The lowest BCUT2D eigenvalue weighted by atomic mass is 9.40. The molecule has 0 radical (unpaired) electrons. The number of ketones is 1. The van der Waals surface area contributed by atoms with Crippen molar-refractivity contribution in [2.45, 2.75) is 205 Å². The molecule has 2 saturated carbocycles. The zero-order valence-electron chi connectivity index (χ0n) is 51.4. The van der Waals surface area contributed by atoms with Crippen molar-refractivity contribution in [1.82, 2.24) is 5.32 Å². The van der Waals surface area contributed by atoms with E-state index in [1.54, 1.807) is 92.7 Å². The summed E-state index contributed by atoms with van der Waals surface area (Å²) in [5.41, 5.74) is -7.30. The second-order valence-corrected chi connectivity index (χ2v) is 25.3. The van der Waals surface area contributed by atoms with Gasteiger partial charge < -0.3 is 58.9 Å². The van der Waals surface area contributed by atoms with Crippen molar-refractivity contribution in [2.24, 2.45) is 28.1 Å². The molecule has 3 aromatic carbocycles. The summed E-state index contributed by atoms with van der Waals surface area (Å²) < 4.78 is 42.5. The number of unbranched alkanes of at least 4 members (excludes halogenated alkanes) is 11. The Balaban J connectivity index is 1.06. The molecule has 0 unspecified atom stereocenters. The van der Waals surface area contributed by atoms with Crippen molar-refractivity contribution in [2.75, 3.05) is 19.8 Å². The van der Waals surface area contributed by atoms with Gasteiger partial charge in [-0.3, -0.25) is 19.2 Å². The number of esters is 2. The number of Topliss-reactive ketones (excluding diaryl/α,β-unsaturated/α-hetero) is 1. The molecular formula is C69H89NO18. The Morgan fingerprint density at radius 3 is 1.97 bits per heavy atom. The molecule has 88 heavy (non-hydrogen) atoms. The number of ether oxygens (including phenoxy) is 7. The van der Waals surface area contributed by atoms with Crippen LogP contribution in [0.2, 0.25) is 0 Å². The van der Waals surface area contributed by atoms with Gasteiger partial charge in [0.1, 0.15) is 42.3 Å². The number of carboxylic acids is 2. The van der Waals surface area contributed by atoms with Crippen LogP contribution in [0.1, 0.15) is 183 Å². The van der Waals surface area contributed by atoms with Crippen molar-refractivity contribution < 1.29 is 87.1 Å². The Kier molecular flexibility index (Phi) is 23.0. The summed E-state index contributed by atoms with van der Waals surface area (Å²) >= 11 is 0. The van der Waals surface area contributed by atoms with E-state index >= 15 is 9.59 Å². The molecule has 13 atom stereocenters. The number of carbonyl (C=O) groups excluding carboxylic acids is 5. The van der Waals surface area contributed by atoms with Gasteiger partial charge in [-0.25, -0.2) is 14.4 Å². The molecule has 5 N–H and O–H groups in total. The van der Waals surface area contributed by atoms with E-state index in [0.717, 1.165) is 44.9 Å². The van der Waals surface area contributed by atoms with Gasteiger partial charge in [0.2, 0.25) is 6.10 Å². The number of nitrogens with one attached hydrogen (secondary N) is 1. The van der Waals surface area contributed by atoms with Gasteiger partial charge in [0.15, 0.2) is 6.29 Å². The summed E-state index contributed by atoms with van der Waals surface area (Å²) in [4.78, 5) is 100. The van der Waals surface area contributed by atoms with Crippen molar-refractivity contribution >= 4 is 41.7 Å². The van der Waals surface area contributed by atoms with E-state index in [1.165, 1.54) is 64.5 Å². The number of carbonyl (C=O) groups is 7. The maximum Gasteiger partial charge on any atom is 0.509 e. The minimum Gasteiger partial charge on any atom is -0.481 e. The van der Waals surface area contributed by atoms with Crippen LogP contribution in [0, 0.1) is 28.1 Å². The molecule has 2 saturated heterocycles. The number of aliphatic hydroxyl groups is 2. The fourth-order valence-electron chi connectivity index (χ4n) is 14.4. The van der Waals surface area contributed by atoms with Crippen molar-refractivity contribution in [3.8, 4) is 0 Å². The molecule has 2 aliphatic heterocycles. The minimum atomic E-state index is -2.50. The number of fused-ring (bicyclic) bond motifs is 5. The third kappa shape index (κ3) is 15.1. The standard InChI is InChI=1S/C69H89NO18/c1-6-7-8-9-10-11-12-13-14-15-16-17-18-19-29-36-55-82-41-48(85-55)42-83-65(80)87-58(57(45-30-23-20-24-31-45)70-62(77)46-32-25-21-26-33-46)64(79)86-50-39-69(81)61(88-63(78)47-34-27-22-28-35-47)59-67(5,51(71)38-52-68(59,43-84-52)40-54(74)75)60(76)49(37-53(72)73)56(44(50)2)66(69,3)4/h13-14,20-28,30-35,48-52,55,57-59,61,71,81H,6-12,15-19,29,36-43H2,1-5H3,(H,70,77)(H,72,73)(H,74,75)/b14-13-/t48-,49-,50+,51+,52-,55+,57+,58-,59+,61+,67-,68+,69-/m1/s1. The van der Waals surface area contributed by atoms with E-state index in [0.29, 0.717) is 6.42 Å². The first-order valence-corrected chi connectivity index (χ1v) is 31.5. The summed E-state index contributed by atoms with van der Waals surface area (Å²) in [5.74, 6) is -9.73. The maximum atomic E-state index is 15.9. The van der Waals surface area contributed by atoms with E-state index in [1.807, 2.05) is 0 Å². The molecule has 3 aromatic rings. The van der Waals surface area contributed by atoms with Crippen LogP contribution in [0.25, 0.3) is 0 Å². The van der Waals surface area contributed by atoms with Gasteiger partial charge >= 0.3 is 30.0 Å². The number of aliphatic carboxylic acids is 2. The van der Waals surface area contributed by atoms with Crippen LogP contribution >= 0.6 is 0 Å². The molecular weight excluding hydrogens is 1130 g/mol. The highest BCUT2D eigenvalue weighted by atomic mass is 16.8. The zero-order chi connectivity index (χ0) is 63.2. The Labute approximate surface area is 515 Å². The van der Waals surface area contributed by atoms with Crippen LogP contribution in [-0.4, -0.2) is 130 Å². The van der Waals surface area contributed by atoms with Crippen LogP contribution in [0.5, 0.6) is 0 Å². The van der Waals surface area contributed by atoms with Gasteiger partial charge in [0, 0.05) is 35.2 Å². The lowest BCUT2D eigenvalue weighted by molar-refractivity contribution is -0.319. The molecule has 0 aromatic heterocycles. The number of amides is 1. The van der Waals surface area contributed by atoms with Gasteiger partial charge in [-0.15, -0.1) is 0 Å². The molecule has 4 fully saturated rings. The highest BCUT2D eigenvalue weighted by Crippen LogP contribution is 2.68. The smallest absolute Gasteiger partial charge is 0.481 e.